The van der Waals surface area contributed by atoms with Crippen LogP contribution in [-0.4, -0.2) is 46.6 Å². The molecule has 1 atom stereocenters. The monoisotopic (exact) mass is 371 g/mol. The summed E-state index contributed by atoms with van der Waals surface area (Å²) in [5.41, 5.74) is 3.33. The van der Waals surface area contributed by atoms with Crippen LogP contribution in [0, 0.1) is 0 Å². The van der Waals surface area contributed by atoms with E-state index in [0.717, 1.165) is 11.1 Å². The van der Waals surface area contributed by atoms with Crippen LogP contribution in [0.1, 0.15) is 18.1 Å². The molecule has 1 heterocycles. The molecule has 3 rings (SSSR count). The second-order valence-electron chi connectivity index (χ2n) is 6.31. The van der Waals surface area contributed by atoms with Gasteiger partial charge in [0.05, 0.1) is 7.11 Å². The van der Waals surface area contributed by atoms with E-state index in [1.165, 1.54) is 14.0 Å². The van der Waals surface area contributed by atoms with E-state index in [9.17, 15) is 4.79 Å². The fourth-order valence-electron chi connectivity index (χ4n) is 2.79. The number of ether oxygens (including phenoxy) is 2. The van der Waals surface area contributed by atoms with Crippen LogP contribution in [0.3, 0.4) is 0 Å². The highest BCUT2D eigenvalue weighted by Gasteiger charge is 2.19. The molecule has 1 N–H and O–H groups in total. The van der Waals surface area contributed by atoms with Crippen molar-refractivity contribution in [2.75, 3.05) is 14.2 Å². The third-order valence-electron chi connectivity index (χ3n) is 4.13. The molecule has 0 aliphatic carbocycles. The fraction of sp³-hybridized carbons (Fsp3) is 0.316. The van der Waals surface area contributed by atoms with Crippen molar-refractivity contribution in [2.45, 2.75) is 26.1 Å². The van der Waals surface area contributed by atoms with Crippen LogP contribution >= 0.6 is 0 Å². The average molecular weight is 371 g/mol. The maximum absolute atomic E-state index is 11.2. The molecular formula is C19H21N3O5. The Bertz CT molecular complexity index is 940. The SMILES string of the molecule is COc1cccc(CN(C)Cc2ccc3nonc3c2)c1O[C@@H](C)C(=O)O. The number of fused-ring (bicyclic) bond motifs is 1. The zero-order valence-corrected chi connectivity index (χ0v) is 15.4. The van der Waals surface area contributed by atoms with E-state index in [4.69, 9.17) is 19.2 Å². The molecule has 0 spiro atoms. The number of rotatable bonds is 8. The minimum atomic E-state index is -1.03. The van der Waals surface area contributed by atoms with Crippen molar-refractivity contribution in [3.8, 4) is 11.5 Å². The second-order valence-corrected chi connectivity index (χ2v) is 6.31. The van der Waals surface area contributed by atoms with Crippen LogP contribution in [0.15, 0.2) is 41.0 Å². The minimum absolute atomic E-state index is 0.443. The van der Waals surface area contributed by atoms with Gasteiger partial charge in [-0.25, -0.2) is 9.42 Å². The minimum Gasteiger partial charge on any atom is -0.493 e. The maximum Gasteiger partial charge on any atom is 0.344 e. The molecule has 0 aliphatic heterocycles. The molecule has 0 radical (unpaired) electrons. The number of aliphatic carboxylic acids is 1. The number of hydrogen-bond acceptors (Lipinski definition) is 7. The average Bonchev–Trinajstić information content (AvgIpc) is 3.10. The molecule has 0 aliphatic rings. The van der Waals surface area contributed by atoms with Crippen molar-refractivity contribution in [3.63, 3.8) is 0 Å². The number of methoxy groups -OCH3 is 1. The van der Waals surface area contributed by atoms with E-state index >= 15 is 0 Å². The summed E-state index contributed by atoms with van der Waals surface area (Å²) in [6.07, 6.45) is -0.979. The number of carboxylic acid groups (broad SMARTS) is 1. The van der Waals surface area contributed by atoms with E-state index in [1.54, 1.807) is 6.07 Å². The molecule has 2 aromatic carbocycles. The molecule has 0 fully saturated rings. The van der Waals surface area contributed by atoms with Gasteiger partial charge in [0.15, 0.2) is 17.6 Å². The largest absolute Gasteiger partial charge is 0.493 e. The lowest BCUT2D eigenvalue weighted by molar-refractivity contribution is -0.144. The Morgan fingerprint density at radius 1 is 1.22 bits per heavy atom. The van der Waals surface area contributed by atoms with Gasteiger partial charge in [-0.2, -0.15) is 0 Å². The predicted molar refractivity (Wildman–Crippen MR) is 97.7 cm³/mol. The Hall–Kier alpha value is -3.13. The first-order chi connectivity index (χ1) is 13.0. The molecule has 0 saturated heterocycles. The molecule has 8 nitrogen and oxygen atoms in total. The summed E-state index contributed by atoms with van der Waals surface area (Å²) < 4.78 is 15.7. The van der Waals surface area contributed by atoms with Crippen LogP contribution in [0.5, 0.6) is 11.5 Å². The number of nitrogens with zero attached hydrogens (tertiary/aromatic N) is 3. The first-order valence-electron chi connectivity index (χ1n) is 8.43. The molecule has 0 amide bonds. The molecule has 27 heavy (non-hydrogen) atoms. The Morgan fingerprint density at radius 2 is 2.00 bits per heavy atom. The van der Waals surface area contributed by atoms with Crippen LogP contribution in [0.25, 0.3) is 11.0 Å². The van der Waals surface area contributed by atoms with Crippen LogP contribution in [0.2, 0.25) is 0 Å². The van der Waals surface area contributed by atoms with E-state index in [1.807, 2.05) is 37.4 Å². The lowest BCUT2D eigenvalue weighted by atomic mass is 10.1. The number of para-hydroxylation sites is 1. The third kappa shape index (κ3) is 4.35. The maximum atomic E-state index is 11.2. The van der Waals surface area contributed by atoms with Crippen molar-refractivity contribution in [2.24, 2.45) is 0 Å². The summed E-state index contributed by atoms with van der Waals surface area (Å²) in [4.78, 5) is 13.3. The smallest absolute Gasteiger partial charge is 0.344 e. The van der Waals surface area contributed by atoms with Crippen molar-refractivity contribution in [3.05, 3.63) is 47.5 Å². The van der Waals surface area contributed by atoms with Gasteiger partial charge in [-0.05, 0) is 48.0 Å². The van der Waals surface area contributed by atoms with Crippen molar-refractivity contribution in [1.82, 2.24) is 15.2 Å². The highest BCUT2D eigenvalue weighted by Crippen LogP contribution is 2.33. The predicted octanol–water partition coefficient (Wildman–Crippen LogP) is 2.72. The van der Waals surface area contributed by atoms with Crippen LogP contribution in [0.4, 0.5) is 0 Å². The number of aromatic nitrogens is 2. The third-order valence-corrected chi connectivity index (χ3v) is 4.13. The Kier molecular flexibility index (Phi) is 5.56. The highest BCUT2D eigenvalue weighted by molar-refractivity contribution is 5.73. The van der Waals surface area contributed by atoms with Crippen LogP contribution < -0.4 is 9.47 Å². The van der Waals surface area contributed by atoms with Crippen molar-refractivity contribution >= 4 is 17.0 Å². The summed E-state index contributed by atoms with van der Waals surface area (Å²) in [5, 5.41) is 16.8. The summed E-state index contributed by atoms with van der Waals surface area (Å²) in [7, 11) is 3.50. The standard InChI is InChI=1S/C19H21N3O5/c1-12(19(23)24)26-18-14(5-4-6-17(18)25-3)11-22(2)10-13-7-8-15-16(9-13)21-27-20-15/h4-9,12H,10-11H2,1-3H3,(H,23,24)/t12-/m0/s1. The van der Waals surface area contributed by atoms with Gasteiger partial charge < -0.3 is 14.6 Å². The number of carboxylic acids is 1. The van der Waals surface area contributed by atoms with E-state index in [2.05, 4.69) is 15.2 Å². The van der Waals surface area contributed by atoms with Gasteiger partial charge in [-0.1, -0.05) is 18.2 Å². The van der Waals surface area contributed by atoms with Gasteiger partial charge in [0.25, 0.3) is 0 Å². The second kappa shape index (κ2) is 8.05. The molecular weight excluding hydrogens is 350 g/mol. The molecule has 0 saturated carbocycles. The molecule has 0 unspecified atom stereocenters. The van der Waals surface area contributed by atoms with Gasteiger partial charge >= 0.3 is 5.97 Å². The van der Waals surface area contributed by atoms with Gasteiger partial charge in [-0.3, -0.25) is 4.90 Å². The zero-order valence-electron chi connectivity index (χ0n) is 15.4. The quantitative estimate of drug-likeness (QED) is 0.645. The van der Waals surface area contributed by atoms with Crippen LogP contribution in [-0.2, 0) is 17.9 Å². The van der Waals surface area contributed by atoms with Gasteiger partial charge in [0, 0.05) is 18.7 Å². The zero-order chi connectivity index (χ0) is 19.4. The Labute approximate surface area is 156 Å². The van der Waals surface area contributed by atoms with E-state index < -0.39 is 12.1 Å². The molecule has 8 heteroatoms. The number of hydrogen-bond donors (Lipinski definition) is 1. The molecule has 142 valence electrons. The van der Waals surface area contributed by atoms with Crippen molar-refractivity contribution < 1.29 is 24.0 Å². The first-order valence-corrected chi connectivity index (χ1v) is 8.43. The van der Waals surface area contributed by atoms with E-state index in [0.29, 0.717) is 35.6 Å². The Balaban J connectivity index is 1.77. The lowest BCUT2D eigenvalue weighted by Crippen LogP contribution is -2.25. The summed E-state index contributed by atoms with van der Waals surface area (Å²) in [6, 6.07) is 11.3. The van der Waals surface area contributed by atoms with Gasteiger partial charge in [0.1, 0.15) is 11.0 Å². The topological polar surface area (TPSA) is 97.9 Å². The molecule has 3 aromatic rings. The lowest BCUT2D eigenvalue weighted by Gasteiger charge is -2.21. The van der Waals surface area contributed by atoms with Gasteiger partial charge in [0.2, 0.25) is 0 Å². The number of carbonyl (C=O) groups is 1. The molecule has 0 bridgehead atoms. The highest BCUT2D eigenvalue weighted by atomic mass is 16.6. The molecule has 1 aromatic heterocycles. The summed E-state index contributed by atoms with van der Waals surface area (Å²) in [5.74, 6) is -0.0864. The summed E-state index contributed by atoms with van der Waals surface area (Å²) in [6.45, 7) is 2.70. The summed E-state index contributed by atoms with van der Waals surface area (Å²) >= 11 is 0. The Morgan fingerprint density at radius 3 is 2.74 bits per heavy atom. The fourth-order valence-corrected chi connectivity index (χ4v) is 2.79. The van der Waals surface area contributed by atoms with Gasteiger partial charge in [-0.15, -0.1) is 0 Å². The first kappa shape index (κ1) is 18.7. The number of benzene rings is 2. The normalized spacial score (nSPS) is 12.3. The van der Waals surface area contributed by atoms with E-state index in [-0.39, 0.29) is 0 Å². The van der Waals surface area contributed by atoms with Crippen molar-refractivity contribution in [1.29, 1.82) is 0 Å².